The van der Waals surface area contributed by atoms with Crippen molar-refractivity contribution in [3.8, 4) is 0 Å². The van der Waals surface area contributed by atoms with E-state index in [1.54, 1.807) is 31.5 Å². The summed E-state index contributed by atoms with van der Waals surface area (Å²) in [5.74, 6) is 0.354. The van der Waals surface area contributed by atoms with Crippen LogP contribution in [-0.2, 0) is 16.6 Å². The first kappa shape index (κ1) is 19.9. The highest BCUT2D eigenvalue weighted by Gasteiger charge is 2.28. The van der Waals surface area contributed by atoms with Gasteiger partial charge in [0.15, 0.2) is 0 Å². The van der Waals surface area contributed by atoms with Gasteiger partial charge in [-0.25, -0.2) is 8.42 Å². The molecule has 2 heterocycles. The number of nitrogens with zero attached hydrogens (tertiary/aromatic N) is 2. The van der Waals surface area contributed by atoms with Crippen molar-refractivity contribution < 1.29 is 17.6 Å². The molecule has 1 amide bonds. The maximum atomic E-state index is 13.1. The molecule has 0 atom stereocenters. The van der Waals surface area contributed by atoms with Gasteiger partial charge in [0.25, 0.3) is 5.91 Å². The molecule has 0 saturated carbocycles. The van der Waals surface area contributed by atoms with Gasteiger partial charge in [-0.3, -0.25) is 4.79 Å². The number of hydrogen-bond acceptors (Lipinski definition) is 4. The number of rotatable bonds is 5. The maximum Gasteiger partial charge on any atom is 0.254 e. The number of amides is 1. The van der Waals surface area contributed by atoms with Crippen LogP contribution in [0.1, 0.15) is 41.8 Å². The predicted octanol–water partition coefficient (Wildman–Crippen LogP) is 3.77. The highest BCUT2D eigenvalue weighted by Crippen LogP contribution is 2.28. The highest BCUT2D eigenvalue weighted by atomic mass is 35.5. The monoisotopic (exact) mass is 410 g/mol. The zero-order valence-corrected chi connectivity index (χ0v) is 16.8. The third kappa shape index (κ3) is 4.54. The fraction of sp³-hybridized carbons (Fsp3) is 0.421. The van der Waals surface area contributed by atoms with E-state index in [2.05, 4.69) is 0 Å². The third-order valence-electron chi connectivity index (χ3n) is 4.68. The summed E-state index contributed by atoms with van der Waals surface area (Å²) in [4.78, 5) is 14.2. The molecular weight excluding hydrogens is 388 g/mol. The van der Waals surface area contributed by atoms with Gasteiger partial charge in [0.05, 0.1) is 17.8 Å². The number of carbonyl (C=O) groups excluding carboxylic acids is 1. The Bertz CT molecular complexity index is 888. The number of furan rings is 1. The highest BCUT2D eigenvalue weighted by molar-refractivity contribution is 7.89. The summed E-state index contributed by atoms with van der Waals surface area (Å²) in [6.07, 6.45) is 5.26. The predicted molar refractivity (Wildman–Crippen MR) is 103 cm³/mol. The standard InChI is InChI=1S/C19H23ClN2O4S/c1-21(14-16-7-6-12-26-16)19(23)15-8-9-17(20)18(13-15)27(24,25)22-10-4-2-3-5-11-22/h6-9,12-13H,2-5,10-11,14H2,1H3. The molecule has 0 aliphatic carbocycles. The lowest BCUT2D eigenvalue weighted by Gasteiger charge is -2.21. The first-order valence-electron chi connectivity index (χ1n) is 8.97. The van der Waals surface area contributed by atoms with Crippen molar-refractivity contribution in [2.24, 2.45) is 0 Å². The van der Waals surface area contributed by atoms with E-state index in [0.29, 0.717) is 25.4 Å². The summed E-state index contributed by atoms with van der Waals surface area (Å²) >= 11 is 6.19. The molecule has 0 spiro atoms. The second-order valence-electron chi connectivity index (χ2n) is 6.70. The van der Waals surface area contributed by atoms with Gasteiger partial charge < -0.3 is 9.32 Å². The number of sulfonamides is 1. The van der Waals surface area contributed by atoms with E-state index in [1.807, 2.05) is 0 Å². The van der Waals surface area contributed by atoms with Crippen LogP contribution in [0.25, 0.3) is 0 Å². The summed E-state index contributed by atoms with van der Waals surface area (Å²) in [5, 5.41) is 0.129. The molecule has 1 aliphatic rings. The Balaban J connectivity index is 1.86. The Hall–Kier alpha value is -1.83. The molecule has 8 heteroatoms. The van der Waals surface area contributed by atoms with E-state index < -0.39 is 10.0 Å². The fourth-order valence-electron chi connectivity index (χ4n) is 3.18. The van der Waals surface area contributed by atoms with Crippen molar-refractivity contribution in [1.29, 1.82) is 0 Å². The Labute approximate surface area is 164 Å². The average molecular weight is 411 g/mol. The summed E-state index contributed by atoms with van der Waals surface area (Å²) in [6, 6.07) is 7.93. The van der Waals surface area contributed by atoms with Crippen LogP contribution in [0.3, 0.4) is 0 Å². The summed E-state index contributed by atoms with van der Waals surface area (Å²) < 4.78 is 32.9. The van der Waals surface area contributed by atoms with Crippen molar-refractivity contribution in [3.05, 3.63) is 52.9 Å². The molecule has 6 nitrogen and oxygen atoms in total. The van der Waals surface area contributed by atoms with Crippen LogP contribution in [0.4, 0.5) is 0 Å². The molecular formula is C19H23ClN2O4S. The molecule has 1 aliphatic heterocycles. The molecule has 0 unspecified atom stereocenters. The van der Waals surface area contributed by atoms with Crippen LogP contribution in [-0.4, -0.2) is 43.7 Å². The first-order chi connectivity index (χ1) is 12.9. The minimum absolute atomic E-state index is 0.0108. The number of halogens is 1. The number of benzene rings is 1. The van der Waals surface area contributed by atoms with E-state index in [1.165, 1.54) is 21.3 Å². The van der Waals surface area contributed by atoms with Gasteiger partial charge in [0.1, 0.15) is 10.7 Å². The molecule has 2 aromatic rings. The van der Waals surface area contributed by atoms with Crippen LogP contribution in [0.5, 0.6) is 0 Å². The van der Waals surface area contributed by atoms with Gasteiger partial charge in [-0.15, -0.1) is 0 Å². The Morgan fingerprint density at radius 2 is 1.89 bits per heavy atom. The molecule has 27 heavy (non-hydrogen) atoms. The van der Waals surface area contributed by atoms with Gasteiger partial charge >= 0.3 is 0 Å². The minimum atomic E-state index is -3.74. The van der Waals surface area contributed by atoms with Crippen LogP contribution in [0.2, 0.25) is 5.02 Å². The molecule has 1 fully saturated rings. The zero-order valence-electron chi connectivity index (χ0n) is 15.2. The topological polar surface area (TPSA) is 70.8 Å². The van der Waals surface area contributed by atoms with Crippen LogP contribution >= 0.6 is 11.6 Å². The molecule has 3 rings (SSSR count). The van der Waals surface area contributed by atoms with Crippen molar-refractivity contribution in [2.45, 2.75) is 37.1 Å². The summed E-state index contributed by atoms with van der Waals surface area (Å²) in [6.45, 7) is 1.26. The SMILES string of the molecule is CN(Cc1ccco1)C(=O)c1ccc(Cl)c(S(=O)(=O)N2CCCCCC2)c1. The van der Waals surface area contributed by atoms with E-state index in [0.717, 1.165) is 25.7 Å². The van der Waals surface area contributed by atoms with Crippen molar-refractivity contribution in [2.75, 3.05) is 20.1 Å². The Morgan fingerprint density at radius 3 is 2.52 bits per heavy atom. The normalized spacial score (nSPS) is 16.1. The van der Waals surface area contributed by atoms with Gasteiger partial charge in [0.2, 0.25) is 10.0 Å². The number of carbonyl (C=O) groups is 1. The average Bonchev–Trinajstić information content (AvgIpc) is 2.99. The minimum Gasteiger partial charge on any atom is -0.467 e. The second-order valence-corrected chi connectivity index (χ2v) is 9.02. The maximum absolute atomic E-state index is 13.1. The van der Waals surface area contributed by atoms with Crippen LogP contribution < -0.4 is 0 Å². The summed E-state index contributed by atoms with van der Waals surface area (Å²) in [7, 11) is -2.09. The molecule has 1 aromatic heterocycles. The van der Waals surface area contributed by atoms with Gasteiger partial charge in [-0.1, -0.05) is 24.4 Å². The lowest BCUT2D eigenvalue weighted by atomic mass is 10.2. The lowest BCUT2D eigenvalue weighted by molar-refractivity contribution is 0.0775. The van der Waals surface area contributed by atoms with Crippen LogP contribution in [0.15, 0.2) is 45.9 Å². The number of hydrogen-bond donors (Lipinski definition) is 0. The van der Waals surface area contributed by atoms with Crippen LogP contribution in [0, 0.1) is 0 Å². The molecule has 0 bridgehead atoms. The molecule has 0 N–H and O–H groups in total. The lowest BCUT2D eigenvalue weighted by Crippen LogP contribution is -2.32. The molecule has 1 aromatic carbocycles. The summed E-state index contributed by atoms with van der Waals surface area (Å²) in [5.41, 5.74) is 0.279. The molecule has 146 valence electrons. The fourth-order valence-corrected chi connectivity index (χ4v) is 5.20. The van der Waals surface area contributed by atoms with Gasteiger partial charge in [0, 0.05) is 25.7 Å². The van der Waals surface area contributed by atoms with E-state index >= 15 is 0 Å². The van der Waals surface area contributed by atoms with Gasteiger partial charge in [-0.2, -0.15) is 4.31 Å². The first-order valence-corrected chi connectivity index (χ1v) is 10.8. The van der Waals surface area contributed by atoms with Crippen molar-refractivity contribution in [3.63, 3.8) is 0 Å². The molecule has 1 saturated heterocycles. The third-order valence-corrected chi connectivity index (χ3v) is 7.06. The van der Waals surface area contributed by atoms with E-state index in [9.17, 15) is 13.2 Å². The zero-order chi connectivity index (χ0) is 19.4. The van der Waals surface area contributed by atoms with Crippen molar-refractivity contribution >= 4 is 27.5 Å². The smallest absolute Gasteiger partial charge is 0.254 e. The van der Waals surface area contributed by atoms with E-state index in [-0.39, 0.29) is 21.4 Å². The Kier molecular flexibility index (Phi) is 6.24. The van der Waals surface area contributed by atoms with Crippen molar-refractivity contribution in [1.82, 2.24) is 9.21 Å². The second kappa shape index (κ2) is 8.46. The quantitative estimate of drug-likeness (QED) is 0.752. The largest absolute Gasteiger partial charge is 0.467 e. The van der Waals surface area contributed by atoms with E-state index in [4.69, 9.17) is 16.0 Å². The molecule has 0 radical (unpaired) electrons. The Morgan fingerprint density at radius 1 is 1.19 bits per heavy atom. The van der Waals surface area contributed by atoms with Gasteiger partial charge in [-0.05, 0) is 43.2 Å².